The van der Waals surface area contributed by atoms with Crippen LogP contribution in [-0.2, 0) is 14.6 Å². The van der Waals surface area contributed by atoms with Gasteiger partial charge in [-0.25, -0.2) is 18.2 Å². The minimum Gasteiger partial charge on any atom is -0.464 e. The van der Waals surface area contributed by atoms with Gasteiger partial charge >= 0.3 is 5.97 Å². The number of hydrogen-bond acceptors (Lipinski definition) is 7. The molecule has 1 N–H and O–H groups in total. The lowest BCUT2D eigenvalue weighted by molar-refractivity contribution is 0.0595. The molecular weight excluding hydrogens is 276 g/mol. The Morgan fingerprint density at radius 2 is 2.17 bits per heavy atom. The quantitative estimate of drug-likeness (QED) is 0.820. The highest BCUT2D eigenvalue weighted by Gasteiger charge is 2.30. The van der Waals surface area contributed by atoms with Gasteiger partial charge in [-0.05, 0) is 13.8 Å². The van der Waals surface area contributed by atoms with Crippen LogP contribution < -0.4 is 5.32 Å². The Bertz CT molecular complexity index is 534. The summed E-state index contributed by atoms with van der Waals surface area (Å²) in [4.78, 5) is 15.2. The molecule has 8 heteroatoms. The summed E-state index contributed by atoms with van der Waals surface area (Å²) in [5.74, 6) is -0.512. The molecule has 0 saturated heterocycles. The van der Waals surface area contributed by atoms with E-state index in [1.54, 1.807) is 19.2 Å². The highest BCUT2D eigenvalue weighted by Crippen LogP contribution is 2.20. The van der Waals surface area contributed by atoms with Crippen LogP contribution in [0.3, 0.4) is 0 Å². The maximum atomic E-state index is 11.5. The summed E-state index contributed by atoms with van der Waals surface area (Å²) >= 11 is 1.23. The van der Waals surface area contributed by atoms with Gasteiger partial charge in [-0.1, -0.05) is 0 Å². The van der Waals surface area contributed by atoms with Gasteiger partial charge in [0.2, 0.25) is 0 Å². The molecule has 0 atom stereocenters. The first-order valence-corrected chi connectivity index (χ1v) is 7.92. The average Bonchev–Trinajstić information content (AvgIpc) is 2.72. The molecule has 0 aliphatic carbocycles. The zero-order valence-corrected chi connectivity index (χ0v) is 12.3. The van der Waals surface area contributed by atoms with E-state index in [1.807, 2.05) is 0 Å². The molecule has 0 fully saturated rings. The minimum absolute atomic E-state index is 0.210. The number of hydrogen-bond donors (Lipinski definition) is 1. The van der Waals surface area contributed by atoms with Crippen molar-refractivity contribution in [2.75, 3.05) is 25.2 Å². The van der Waals surface area contributed by atoms with Gasteiger partial charge in [0.25, 0.3) is 0 Å². The Labute approximate surface area is 110 Å². The number of esters is 1. The van der Waals surface area contributed by atoms with Crippen LogP contribution in [0.15, 0.2) is 5.38 Å². The lowest BCUT2D eigenvalue weighted by atomic mass is 10.2. The second-order valence-corrected chi connectivity index (χ2v) is 7.92. The molecule has 0 amide bonds. The second kappa shape index (κ2) is 5.23. The van der Waals surface area contributed by atoms with E-state index in [2.05, 4.69) is 15.0 Å². The number of thiazole rings is 1. The molecule has 0 spiro atoms. The Hall–Kier alpha value is -1.15. The van der Waals surface area contributed by atoms with Gasteiger partial charge in [-0.2, -0.15) is 0 Å². The summed E-state index contributed by atoms with van der Waals surface area (Å²) in [6, 6.07) is 0. The lowest BCUT2D eigenvalue weighted by Gasteiger charge is -2.22. The molecule has 1 rings (SSSR count). The topological polar surface area (TPSA) is 85.4 Å². The van der Waals surface area contributed by atoms with Gasteiger partial charge in [0.1, 0.15) is 0 Å². The van der Waals surface area contributed by atoms with Crippen LogP contribution in [0.25, 0.3) is 0 Å². The van der Waals surface area contributed by atoms with Gasteiger partial charge in [-0.3, -0.25) is 0 Å². The number of carbonyl (C=O) groups is 1. The highest BCUT2D eigenvalue weighted by atomic mass is 32.2. The average molecular weight is 292 g/mol. The fraction of sp³-hybridized carbons (Fsp3) is 0.600. The van der Waals surface area contributed by atoms with E-state index < -0.39 is 20.6 Å². The first kappa shape index (κ1) is 14.9. The first-order valence-electron chi connectivity index (χ1n) is 5.15. The van der Waals surface area contributed by atoms with Crippen molar-refractivity contribution in [3.63, 3.8) is 0 Å². The molecule has 0 aromatic carbocycles. The van der Waals surface area contributed by atoms with Crippen molar-refractivity contribution in [1.29, 1.82) is 0 Å². The Morgan fingerprint density at radius 3 is 2.67 bits per heavy atom. The van der Waals surface area contributed by atoms with Crippen molar-refractivity contribution in [3.05, 3.63) is 11.1 Å². The summed E-state index contributed by atoms with van der Waals surface area (Å²) in [5.41, 5.74) is 0.210. The van der Waals surface area contributed by atoms with Crippen LogP contribution in [-0.4, -0.2) is 44.0 Å². The summed E-state index contributed by atoms with van der Waals surface area (Å²) < 4.78 is 26.6. The first-order chi connectivity index (χ1) is 8.17. The number of aromatic nitrogens is 1. The molecule has 1 aromatic heterocycles. The molecular formula is C10H16N2O4S2. The fourth-order valence-electron chi connectivity index (χ4n) is 0.973. The third-order valence-corrected chi connectivity index (χ3v) is 5.52. The fourth-order valence-corrected chi connectivity index (χ4v) is 1.99. The molecule has 1 aromatic rings. The number of ether oxygens (including phenoxy) is 1. The van der Waals surface area contributed by atoms with Crippen LogP contribution in [0.1, 0.15) is 24.3 Å². The lowest BCUT2D eigenvalue weighted by Crippen LogP contribution is -2.38. The standard InChI is InChI=1S/C10H16N2O4S2/c1-10(2,18(4,14)15)6-11-9-12-7(5-17-9)8(13)16-3/h5H,6H2,1-4H3,(H,11,12). The van der Waals surface area contributed by atoms with Crippen LogP contribution in [0.5, 0.6) is 0 Å². The molecule has 102 valence electrons. The third-order valence-electron chi connectivity index (χ3n) is 2.57. The van der Waals surface area contributed by atoms with Crippen LogP contribution in [0, 0.1) is 0 Å². The summed E-state index contributed by atoms with van der Waals surface area (Å²) in [6.45, 7) is 3.48. The number of nitrogens with one attached hydrogen (secondary N) is 1. The number of anilines is 1. The molecule has 0 unspecified atom stereocenters. The number of nitrogens with zero attached hydrogens (tertiary/aromatic N) is 1. The zero-order valence-electron chi connectivity index (χ0n) is 10.7. The Morgan fingerprint density at radius 1 is 1.56 bits per heavy atom. The summed E-state index contributed by atoms with van der Waals surface area (Å²) in [5, 5.41) is 4.96. The van der Waals surface area contributed by atoms with Crippen molar-refractivity contribution in [2.45, 2.75) is 18.6 Å². The molecule has 0 aliphatic heterocycles. The number of rotatable bonds is 5. The van der Waals surface area contributed by atoms with Crippen molar-refractivity contribution in [1.82, 2.24) is 4.98 Å². The monoisotopic (exact) mass is 292 g/mol. The van der Waals surface area contributed by atoms with E-state index >= 15 is 0 Å². The molecule has 0 bridgehead atoms. The van der Waals surface area contributed by atoms with E-state index in [4.69, 9.17) is 0 Å². The third kappa shape index (κ3) is 3.42. The molecule has 0 radical (unpaired) electrons. The second-order valence-electron chi connectivity index (χ2n) is 4.41. The largest absolute Gasteiger partial charge is 0.464 e. The van der Waals surface area contributed by atoms with Crippen LogP contribution >= 0.6 is 11.3 Å². The maximum absolute atomic E-state index is 11.5. The summed E-state index contributed by atoms with van der Waals surface area (Å²) in [7, 11) is -1.88. The number of carbonyl (C=O) groups excluding carboxylic acids is 1. The Balaban J connectivity index is 2.71. The SMILES string of the molecule is COC(=O)c1csc(NCC(C)(C)S(C)(=O)=O)n1. The molecule has 1 heterocycles. The van der Waals surface area contributed by atoms with Crippen molar-refractivity contribution >= 4 is 32.3 Å². The molecule has 0 aliphatic rings. The van der Waals surface area contributed by atoms with E-state index in [1.165, 1.54) is 24.7 Å². The predicted octanol–water partition coefficient (Wildman–Crippen LogP) is 1.16. The normalized spacial score (nSPS) is 12.2. The van der Waals surface area contributed by atoms with Crippen molar-refractivity contribution in [3.8, 4) is 0 Å². The van der Waals surface area contributed by atoms with Crippen molar-refractivity contribution < 1.29 is 17.9 Å². The van der Waals surface area contributed by atoms with Gasteiger partial charge in [0, 0.05) is 18.2 Å². The van der Waals surface area contributed by atoms with Gasteiger partial charge < -0.3 is 10.1 Å². The van der Waals surface area contributed by atoms with E-state index in [-0.39, 0.29) is 12.2 Å². The van der Waals surface area contributed by atoms with Gasteiger partial charge in [0.05, 0.1) is 11.9 Å². The van der Waals surface area contributed by atoms with Crippen LogP contribution in [0.4, 0.5) is 5.13 Å². The van der Waals surface area contributed by atoms with Gasteiger partial charge in [0.15, 0.2) is 20.7 Å². The predicted molar refractivity (Wildman–Crippen MR) is 70.9 cm³/mol. The van der Waals surface area contributed by atoms with E-state index in [9.17, 15) is 13.2 Å². The smallest absolute Gasteiger partial charge is 0.357 e. The highest BCUT2D eigenvalue weighted by molar-refractivity contribution is 7.92. The van der Waals surface area contributed by atoms with E-state index in [0.29, 0.717) is 5.13 Å². The summed E-state index contributed by atoms with van der Waals surface area (Å²) in [6.07, 6.45) is 1.19. The number of methoxy groups -OCH3 is 1. The molecule has 0 saturated carbocycles. The molecule has 6 nitrogen and oxygen atoms in total. The van der Waals surface area contributed by atoms with Crippen molar-refractivity contribution in [2.24, 2.45) is 0 Å². The Kier molecular flexibility index (Phi) is 4.33. The zero-order chi connectivity index (χ0) is 14.0. The van der Waals surface area contributed by atoms with Crippen LogP contribution in [0.2, 0.25) is 0 Å². The number of sulfone groups is 1. The van der Waals surface area contributed by atoms with E-state index in [0.717, 1.165) is 0 Å². The maximum Gasteiger partial charge on any atom is 0.357 e. The molecule has 18 heavy (non-hydrogen) atoms. The minimum atomic E-state index is -3.16. The van der Waals surface area contributed by atoms with Gasteiger partial charge in [-0.15, -0.1) is 11.3 Å².